The smallest absolute Gasteiger partial charge is 0.259 e. The van der Waals surface area contributed by atoms with Crippen molar-refractivity contribution in [1.82, 2.24) is 0 Å². The van der Waals surface area contributed by atoms with Crippen LogP contribution < -0.4 is 20.0 Å². The first-order chi connectivity index (χ1) is 29.4. The maximum Gasteiger partial charge on any atom is 0.259 e. The van der Waals surface area contributed by atoms with E-state index in [4.69, 9.17) is 6.58 Å². The Morgan fingerprint density at radius 1 is 0.812 bits per heavy atom. The predicted octanol–water partition coefficient (Wildman–Crippen LogP) is 16.2. The Hall–Kier alpha value is -3.76. The molecule has 0 fully saturated rings. The fourth-order valence-electron chi connectivity index (χ4n) is 11.1. The van der Waals surface area contributed by atoms with E-state index in [-0.39, 0.29) is 45.2 Å². The number of anilines is 3. The van der Waals surface area contributed by atoms with Crippen LogP contribution in [0.2, 0.25) is 0 Å². The minimum absolute atomic E-state index is 0.0111. The molecule has 0 spiro atoms. The van der Waals surface area contributed by atoms with Crippen molar-refractivity contribution in [2.24, 2.45) is 11.3 Å². The zero-order chi connectivity index (χ0) is 47.0. The van der Waals surface area contributed by atoms with Gasteiger partial charge in [-0.3, -0.25) is 0 Å². The molecule has 2 aliphatic carbocycles. The Balaban J connectivity index is 1.50. The lowest BCUT2D eigenvalue weighted by molar-refractivity contribution is 0.258. The molecule has 2 nitrogen and oxygen atoms in total. The summed E-state index contributed by atoms with van der Waals surface area (Å²) in [6, 6.07) is 20.4. The van der Waals surface area contributed by atoms with E-state index in [1.54, 1.807) is 0 Å². The van der Waals surface area contributed by atoms with E-state index in [1.165, 1.54) is 100 Å². The molecule has 0 radical (unpaired) electrons. The standard InChI is InChI=1S/C60H81BN2S/c1-21-39(28-37(3)55(5,6)7)29-38(4)62-49-26-36(2)27-50-52(49)61(54-53(62)44-23-22-40(56(8,9)10)33-51(44)64-54)47-34-45-46(60(19,20)25-24-59(45,17)18)35-48(47)63(50)43-31-41(57(11,12)13)30-42(32-43)58(14,15)16/h22-23,27,29-35,37,49H,4,21,24-26,28H2,1-3,5-20H3/b39-29-. The summed E-state index contributed by atoms with van der Waals surface area (Å²) >= 11 is 2.05. The Kier molecular flexibility index (Phi) is 11.3. The van der Waals surface area contributed by atoms with Gasteiger partial charge in [0.2, 0.25) is 0 Å². The molecule has 4 heteroatoms. The van der Waals surface area contributed by atoms with Gasteiger partial charge in [0.05, 0.1) is 11.7 Å². The zero-order valence-electron chi connectivity index (χ0n) is 43.6. The molecule has 2 aliphatic heterocycles. The maximum atomic E-state index is 5.08. The molecule has 4 aromatic rings. The van der Waals surface area contributed by atoms with E-state index >= 15 is 0 Å². The van der Waals surface area contributed by atoms with Crippen molar-refractivity contribution in [2.45, 2.75) is 197 Å². The lowest BCUT2D eigenvalue weighted by Gasteiger charge is -2.51. The van der Waals surface area contributed by atoms with Crippen molar-refractivity contribution >= 4 is 55.4 Å². The number of benzene rings is 3. The van der Waals surface area contributed by atoms with Gasteiger partial charge in [-0.25, -0.2) is 0 Å². The third-order valence-electron chi connectivity index (χ3n) is 16.1. The van der Waals surface area contributed by atoms with Gasteiger partial charge in [-0.2, -0.15) is 0 Å². The molecule has 0 saturated carbocycles. The van der Waals surface area contributed by atoms with Crippen LogP contribution in [-0.2, 0) is 27.1 Å². The Morgan fingerprint density at radius 3 is 1.94 bits per heavy atom. The number of fused-ring (bicyclic) bond motifs is 7. The summed E-state index contributed by atoms with van der Waals surface area (Å²) in [4.78, 5) is 5.46. The summed E-state index contributed by atoms with van der Waals surface area (Å²) in [6.45, 7) is 50.8. The first-order valence-electron chi connectivity index (χ1n) is 24.7. The van der Waals surface area contributed by atoms with Crippen molar-refractivity contribution in [3.05, 3.63) is 123 Å². The van der Waals surface area contributed by atoms with Crippen LogP contribution in [0.25, 0.3) is 10.1 Å². The summed E-state index contributed by atoms with van der Waals surface area (Å²) in [7, 11) is 0. The van der Waals surface area contributed by atoms with E-state index in [0.717, 1.165) is 25.0 Å². The monoisotopic (exact) mass is 873 g/mol. The molecule has 2 unspecified atom stereocenters. The van der Waals surface area contributed by atoms with Crippen molar-refractivity contribution in [2.75, 3.05) is 9.80 Å². The van der Waals surface area contributed by atoms with Crippen LogP contribution in [0.4, 0.5) is 17.1 Å². The SMILES string of the molecule is C=C(/C=C(/CC)CC(C)C(C)(C)C)N1c2c(sc3cc(C(C)(C)C)ccc23)B2C3=C(C=C(C)CC31)N(c1cc(C(C)(C)C)cc(C(C)(C)C)c1)c1cc3c(cc12)C(C)(C)CCC3(C)C. The molecule has 8 rings (SSSR count). The highest BCUT2D eigenvalue weighted by molar-refractivity contribution is 7.32. The average Bonchev–Trinajstić information content (AvgIpc) is 3.55. The van der Waals surface area contributed by atoms with E-state index in [1.807, 2.05) is 11.3 Å². The van der Waals surface area contributed by atoms with Gasteiger partial charge in [0.1, 0.15) is 0 Å². The van der Waals surface area contributed by atoms with Gasteiger partial charge >= 0.3 is 0 Å². The van der Waals surface area contributed by atoms with E-state index in [0.29, 0.717) is 5.92 Å². The van der Waals surface area contributed by atoms with Gasteiger partial charge < -0.3 is 9.80 Å². The highest BCUT2D eigenvalue weighted by Gasteiger charge is 2.51. The van der Waals surface area contributed by atoms with Gasteiger partial charge in [0.15, 0.2) is 0 Å². The van der Waals surface area contributed by atoms with E-state index in [2.05, 4.69) is 202 Å². The summed E-state index contributed by atoms with van der Waals surface area (Å²) in [5.74, 6) is 0.560. The molecule has 64 heavy (non-hydrogen) atoms. The fraction of sp³-hybridized carbons (Fsp3) is 0.533. The van der Waals surface area contributed by atoms with Gasteiger partial charge in [0.25, 0.3) is 6.71 Å². The molecule has 3 heterocycles. The molecular formula is C60H81BN2S. The molecule has 340 valence electrons. The van der Waals surface area contributed by atoms with Crippen LogP contribution in [0.1, 0.15) is 191 Å². The van der Waals surface area contributed by atoms with Crippen LogP contribution in [-0.4, -0.2) is 12.8 Å². The lowest BCUT2D eigenvalue weighted by Crippen LogP contribution is -2.61. The minimum atomic E-state index is -0.0111. The van der Waals surface area contributed by atoms with Crippen molar-refractivity contribution in [1.29, 1.82) is 0 Å². The zero-order valence-corrected chi connectivity index (χ0v) is 44.4. The van der Waals surface area contributed by atoms with Crippen LogP contribution in [0.3, 0.4) is 0 Å². The predicted molar refractivity (Wildman–Crippen MR) is 286 cm³/mol. The van der Waals surface area contributed by atoms with Crippen LogP contribution in [0.5, 0.6) is 0 Å². The van der Waals surface area contributed by atoms with Gasteiger partial charge in [-0.1, -0.05) is 167 Å². The van der Waals surface area contributed by atoms with Crippen molar-refractivity contribution < 1.29 is 0 Å². The summed E-state index contributed by atoms with van der Waals surface area (Å²) < 4.78 is 2.86. The molecule has 0 saturated heterocycles. The number of allylic oxidation sites excluding steroid dienone is 3. The molecule has 0 N–H and O–H groups in total. The van der Waals surface area contributed by atoms with Gasteiger partial charge in [0, 0.05) is 37.6 Å². The Bertz CT molecular complexity index is 2610. The normalized spacial score (nSPS) is 20.2. The minimum Gasteiger partial charge on any atom is -0.334 e. The third kappa shape index (κ3) is 8.02. The van der Waals surface area contributed by atoms with Crippen molar-refractivity contribution in [3.63, 3.8) is 0 Å². The molecule has 1 aromatic heterocycles. The van der Waals surface area contributed by atoms with Gasteiger partial charge in [-0.05, 0) is 153 Å². The van der Waals surface area contributed by atoms with E-state index in [9.17, 15) is 0 Å². The van der Waals surface area contributed by atoms with E-state index < -0.39 is 0 Å². The van der Waals surface area contributed by atoms with Crippen molar-refractivity contribution in [3.8, 4) is 0 Å². The maximum absolute atomic E-state index is 5.08. The summed E-state index contributed by atoms with van der Waals surface area (Å²) in [5.41, 5.74) is 20.1. The third-order valence-corrected chi connectivity index (χ3v) is 17.3. The molecule has 0 bridgehead atoms. The Morgan fingerprint density at radius 2 is 1.39 bits per heavy atom. The first-order valence-corrected chi connectivity index (χ1v) is 25.5. The topological polar surface area (TPSA) is 6.48 Å². The molecular weight excluding hydrogens is 792 g/mol. The first kappa shape index (κ1) is 46.8. The fourth-order valence-corrected chi connectivity index (χ4v) is 12.4. The quantitative estimate of drug-likeness (QED) is 0.141. The second kappa shape index (κ2) is 15.4. The number of thiophene rings is 1. The number of rotatable bonds is 6. The molecule has 2 atom stereocenters. The molecule has 0 amide bonds. The van der Waals surface area contributed by atoms with Gasteiger partial charge in [-0.15, -0.1) is 11.3 Å². The average molecular weight is 873 g/mol. The van der Waals surface area contributed by atoms with Crippen LogP contribution in [0.15, 0.2) is 95.3 Å². The molecule has 4 aliphatic rings. The summed E-state index contributed by atoms with van der Waals surface area (Å²) in [6.07, 6.45) is 10.5. The number of hydrogen-bond acceptors (Lipinski definition) is 3. The Labute approximate surface area is 394 Å². The number of nitrogens with zero attached hydrogens (tertiary/aromatic N) is 2. The second-order valence-corrected chi connectivity index (χ2v) is 27.2. The largest absolute Gasteiger partial charge is 0.334 e. The molecule has 3 aromatic carbocycles. The number of hydrogen-bond donors (Lipinski definition) is 0. The van der Waals surface area contributed by atoms with Crippen LogP contribution in [0, 0.1) is 11.3 Å². The lowest BCUT2D eigenvalue weighted by atomic mass is 9.33. The second-order valence-electron chi connectivity index (χ2n) is 26.1. The highest BCUT2D eigenvalue weighted by Crippen LogP contribution is 2.53. The highest BCUT2D eigenvalue weighted by atomic mass is 32.1. The van der Waals surface area contributed by atoms with Crippen LogP contribution >= 0.6 is 11.3 Å². The summed E-state index contributed by atoms with van der Waals surface area (Å²) in [5, 5.41) is 1.37.